The van der Waals surface area contributed by atoms with Gasteiger partial charge in [-0.3, -0.25) is 11.3 Å². The normalized spacial score (nSPS) is 12.2. The standard InChI is InChI=1S/C15H16ClFN2O/c1-20-12-4-2-3-10(7-12)8-15(19-18)13-6-5-11(16)9-14(13)17/h2-7,9,15,19H,8,18H2,1H3. The van der Waals surface area contributed by atoms with E-state index in [1.807, 2.05) is 24.3 Å². The van der Waals surface area contributed by atoms with Crippen molar-refractivity contribution in [1.29, 1.82) is 0 Å². The minimum absolute atomic E-state index is 0.334. The molecule has 0 fully saturated rings. The molecule has 106 valence electrons. The van der Waals surface area contributed by atoms with Crippen LogP contribution in [0.2, 0.25) is 5.02 Å². The Morgan fingerprint density at radius 2 is 2.10 bits per heavy atom. The van der Waals surface area contributed by atoms with Crippen molar-refractivity contribution >= 4 is 11.6 Å². The van der Waals surface area contributed by atoms with Crippen LogP contribution in [-0.4, -0.2) is 7.11 Å². The minimum atomic E-state index is -0.372. The van der Waals surface area contributed by atoms with E-state index in [0.29, 0.717) is 17.0 Å². The summed E-state index contributed by atoms with van der Waals surface area (Å²) in [4.78, 5) is 0. The second kappa shape index (κ2) is 6.70. The maximum atomic E-state index is 13.9. The Morgan fingerprint density at radius 3 is 2.75 bits per heavy atom. The van der Waals surface area contributed by atoms with E-state index in [4.69, 9.17) is 22.2 Å². The summed E-state index contributed by atoms with van der Waals surface area (Å²) in [5.74, 6) is 5.94. The zero-order valence-electron chi connectivity index (χ0n) is 11.1. The van der Waals surface area contributed by atoms with Crippen molar-refractivity contribution in [3.8, 4) is 5.75 Å². The lowest BCUT2D eigenvalue weighted by Gasteiger charge is -2.17. The summed E-state index contributed by atoms with van der Waals surface area (Å²) in [6.07, 6.45) is 0.548. The van der Waals surface area contributed by atoms with Crippen LogP contribution >= 0.6 is 11.6 Å². The molecule has 3 nitrogen and oxygen atoms in total. The summed E-state index contributed by atoms with van der Waals surface area (Å²) in [7, 11) is 1.61. The first kappa shape index (κ1) is 14.8. The molecule has 0 aliphatic carbocycles. The second-order valence-corrected chi connectivity index (χ2v) is 4.88. The van der Waals surface area contributed by atoms with E-state index < -0.39 is 0 Å². The molecule has 0 bridgehead atoms. The topological polar surface area (TPSA) is 47.3 Å². The summed E-state index contributed by atoms with van der Waals surface area (Å²) in [5, 5.41) is 0.364. The van der Waals surface area contributed by atoms with Crippen molar-refractivity contribution in [3.63, 3.8) is 0 Å². The van der Waals surface area contributed by atoms with Gasteiger partial charge in [0.2, 0.25) is 0 Å². The van der Waals surface area contributed by atoms with Crippen LogP contribution < -0.4 is 16.0 Å². The zero-order chi connectivity index (χ0) is 14.5. The first-order valence-corrected chi connectivity index (χ1v) is 6.56. The second-order valence-electron chi connectivity index (χ2n) is 4.44. The molecule has 1 atom stereocenters. The van der Waals surface area contributed by atoms with Crippen molar-refractivity contribution < 1.29 is 9.13 Å². The highest BCUT2D eigenvalue weighted by Crippen LogP contribution is 2.24. The van der Waals surface area contributed by atoms with Crippen LogP contribution in [0.25, 0.3) is 0 Å². The summed E-state index contributed by atoms with van der Waals surface area (Å²) < 4.78 is 19.1. The van der Waals surface area contributed by atoms with Crippen molar-refractivity contribution in [2.75, 3.05) is 7.11 Å². The van der Waals surface area contributed by atoms with Gasteiger partial charge in [0.25, 0.3) is 0 Å². The molecule has 0 amide bonds. The van der Waals surface area contributed by atoms with Gasteiger partial charge in [-0.15, -0.1) is 0 Å². The molecule has 0 saturated carbocycles. The Labute approximate surface area is 122 Å². The van der Waals surface area contributed by atoms with Crippen molar-refractivity contribution in [2.45, 2.75) is 12.5 Å². The summed E-state index contributed by atoms with van der Waals surface area (Å²) in [5.41, 5.74) is 4.13. The third-order valence-corrected chi connectivity index (χ3v) is 3.35. The molecule has 0 saturated heterocycles. The molecule has 0 spiro atoms. The summed E-state index contributed by atoms with van der Waals surface area (Å²) in [6.45, 7) is 0. The Morgan fingerprint density at radius 1 is 1.30 bits per heavy atom. The largest absolute Gasteiger partial charge is 0.497 e. The van der Waals surface area contributed by atoms with E-state index >= 15 is 0 Å². The molecule has 20 heavy (non-hydrogen) atoms. The van der Waals surface area contributed by atoms with Crippen molar-refractivity contribution in [2.24, 2.45) is 5.84 Å². The van der Waals surface area contributed by atoms with Crippen LogP contribution in [-0.2, 0) is 6.42 Å². The highest BCUT2D eigenvalue weighted by Gasteiger charge is 2.15. The van der Waals surface area contributed by atoms with Crippen LogP contribution in [0.4, 0.5) is 4.39 Å². The molecule has 0 aliphatic rings. The molecule has 0 aliphatic heterocycles. The predicted molar refractivity (Wildman–Crippen MR) is 78.2 cm³/mol. The molecule has 2 aromatic carbocycles. The number of hydrogen-bond acceptors (Lipinski definition) is 3. The number of hydrogen-bond donors (Lipinski definition) is 2. The number of rotatable bonds is 5. The number of nitrogens with one attached hydrogen (secondary N) is 1. The molecular weight excluding hydrogens is 279 g/mol. The fourth-order valence-electron chi connectivity index (χ4n) is 2.08. The fraction of sp³-hybridized carbons (Fsp3) is 0.200. The van der Waals surface area contributed by atoms with Crippen LogP contribution in [0.5, 0.6) is 5.75 Å². The molecular formula is C15H16ClFN2O. The number of hydrazine groups is 1. The van der Waals surface area contributed by atoms with Crippen molar-refractivity contribution in [3.05, 3.63) is 64.4 Å². The maximum Gasteiger partial charge on any atom is 0.129 e. The molecule has 2 rings (SSSR count). The van der Waals surface area contributed by atoms with Gasteiger partial charge in [-0.1, -0.05) is 29.8 Å². The Bertz CT molecular complexity index is 592. The van der Waals surface area contributed by atoms with Crippen LogP contribution in [0.3, 0.4) is 0 Å². The lowest BCUT2D eigenvalue weighted by molar-refractivity contribution is 0.413. The van der Waals surface area contributed by atoms with Gasteiger partial charge in [0.1, 0.15) is 11.6 Å². The van der Waals surface area contributed by atoms with E-state index in [0.717, 1.165) is 11.3 Å². The Hall–Kier alpha value is -1.62. The lowest BCUT2D eigenvalue weighted by atomic mass is 9.99. The van der Waals surface area contributed by atoms with Gasteiger partial charge in [0.15, 0.2) is 0 Å². The van der Waals surface area contributed by atoms with Crippen LogP contribution in [0, 0.1) is 5.82 Å². The number of halogens is 2. The number of methoxy groups -OCH3 is 1. The zero-order valence-corrected chi connectivity index (χ0v) is 11.8. The maximum absolute atomic E-state index is 13.9. The molecule has 0 radical (unpaired) electrons. The van der Waals surface area contributed by atoms with Gasteiger partial charge in [-0.05, 0) is 36.2 Å². The number of ether oxygens (including phenoxy) is 1. The molecule has 0 aromatic heterocycles. The van der Waals surface area contributed by atoms with Crippen LogP contribution in [0.15, 0.2) is 42.5 Å². The van der Waals surface area contributed by atoms with Gasteiger partial charge < -0.3 is 4.74 Å². The van der Waals surface area contributed by atoms with Crippen molar-refractivity contribution in [1.82, 2.24) is 5.43 Å². The molecule has 2 aromatic rings. The smallest absolute Gasteiger partial charge is 0.129 e. The quantitative estimate of drug-likeness (QED) is 0.657. The monoisotopic (exact) mass is 294 g/mol. The third kappa shape index (κ3) is 3.48. The van der Waals surface area contributed by atoms with E-state index in [1.54, 1.807) is 19.2 Å². The first-order valence-electron chi connectivity index (χ1n) is 6.18. The predicted octanol–water partition coefficient (Wildman–Crippen LogP) is 3.23. The summed E-state index contributed by atoms with van der Waals surface area (Å²) >= 11 is 5.76. The number of benzene rings is 2. The van der Waals surface area contributed by atoms with Crippen LogP contribution in [0.1, 0.15) is 17.2 Å². The highest BCUT2D eigenvalue weighted by molar-refractivity contribution is 6.30. The first-order chi connectivity index (χ1) is 9.63. The van der Waals surface area contributed by atoms with Gasteiger partial charge in [-0.25, -0.2) is 4.39 Å². The van der Waals surface area contributed by atoms with E-state index in [-0.39, 0.29) is 11.9 Å². The SMILES string of the molecule is COc1cccc(CC(NN)c2ccc(Cl)cc2F)c1. The summed E-state index contributed by atoms with van der Waals surface area (Å²) in [6, 6.07) is 11.8. The number of nitrogens with two attached hydrogens (primary N) is 1. The average molecular weight is 295 g/mol. The van der Waals surface area contributed by atoms with E-state index in [1.165, 1.54) is 6.07 Å². The lowest BCUT2D eigenvalue weighted by Crippen LogP contribution is -2.30. The van der Waals surface area contributed by atoms with E-state index in [9.17, 15) is 4.39 Å². The van der Waals surface area contributed by atoms with Gasteiger partial charge in [0, 0.05) is 10.6 Å². The molecule has 1 unspecified atom stereocenters. The third-order valence-electron chi connectivity index (χ3n) is 3.11. The highest BCUT2D eigenvalue weighted by atomic mass is 35.5. The molecule has 5 heteroatoms. The minimum Gasteiger partial charge on any atom is -0.497 e. The van der Waals surface area contributed by atoms with Gasteiger partial charge >= 0.3 is 0 Å². The Kier molecular flexibility index (Phi) is 4.95. The van der Waals surface area contributed by atoms with E-state index in [2.05, 4.69) is 5.43 Å². The van der Waals surface area contributed by atoms with Gasteiger partial charge in [0.05, 0.1) is 13.2 Å². The average Bonchev–Trinajstić information content (AvgIpc) is 2.45. The molecule has 3 N–H and O–H groups in total. The molecule has 0 heterocycles. The fourth-order valence-corrected chi connectivity index (χ4v) is 2.24. The Balaban J connectivity index is 2.23. The van der Waals surface area contributed by atoms with Gasteiger partial charge in [-0.2, -0.15) is 0 Å².